The van der Waals surface area contributed by atoms with E-state index in [4.69, 9.17) is 0 Å². The zero-order chi connectivity index (χ0) is 14.0. The summed E-state index contributed by atoms with van der Waals surface area (Å²) in [6, 6.07) is 6.61. The van der Waals surface area contributed by atoms with Crippen LogP contribution >= 0.6 is 0 Å². The highest BCUT2D eigenvalue weighted by Crippen LogP contribution is 2.40. The number of halogens is 1. The molecule has 1 aliphatic heterocycles. The van der Waals surface area contributed by atoms with Crippen molar-refractivity contribution in [2.75, 3.05) is 20.1 Å². The van der Waals surface area contributed by atoms with Crippen LogP contribution in [0.4, 0.5) is 4.39 Å². The molecular formula is C15H21FN2O. The molecule has 0 aliphatic carbocycles. The number of hydrogen-bond acceptors (Lipinski definition) is 2. The number of rotatable bonds is 3. The first-order valence-electron chi connectivity index (χ1n) is 6.65. The van der Waals surface area contributed by atoms with Gasteiger partial charge in [0.05, 0.1) is 0 Å². The van der Waals surface area contributed by atoms with Gasteiger partial charge in [-0.1, -0.05) is 26.0 Å². The molecule has 1 fully saturated rings. The van der Waals surface area contributed by atoms with Gasteiger partial charge in [-0.25, -0.2) is 4.39 Å². The molecule has 104 valence electrons. The van der Waals surface area contributed by atoms with Crippen molar-refractivity contribution in [2.45, 2.75) is 19.8 Å². The quantitative estimate of drug-likeness (QED) is 0.875. The highest BCUT2D eigenvalue weighted by molar-refractivity contribution is 5.82. The van der Waals surface area contributed by atoms with Gasteiger partial charge in [0.15, 0.2) is 0 Å². The van der Waals surface area contributed by atoms with Crippen LogP contribution < -0.4 is 10.6 Å². The van der Waals surface area contributed by atoms with Crippen LogP contribution in [0.2, 0.25) is 0 Å². The molecule has 1 saturated heterocycles. The van der Waals surface area contributed by atoms with Crippen LogP contribution in [0.15, 0.2) is 24.3 Å². The van der Waals surface area contributed by atoms with E-state index < -0.39 is 5.41 Å². The predicted molar refractivity (Wildman–Crippen MR) is 73.3 cm³/mol. The Bertz CT molecular complexity index is 456. The lowest BCUT2D eigenvalue weighted by Gasteiger charge is -2.33. The van der Waals surface area contributed by atoms with E-state index in [2.05, 4.69) is 10.6 Å². The monoisotopic (exact) mass is 264 g/mol. The van der Waals surface area contributed by atoms with Gasteiger partial charge in [0, 0.05) is 24.9 Å². The number of amides is 1. The standard InChI is InChI=1S/C15H21FN2O/c1-15(2,14(19)17-3)13-9-18-8-12(13)10-4-6-11(16)7-5-10/h4-7,12-13,18H,8-9H2,1-3H3,(H,17,19)/t12-,13-/m0/s1. The number of nitrogens with one attached hydrogen (secondary N) is 2. The SMILES string of the molecule is CNC(=O)C(C)(C)[C@H]1CNC[C@H]1c1ccc(F)cc1. The molecule has 0 bridgehead atoms. The van der Waals surface area contributed by atoms with Crippen molar-refractivity contribution in [2.24, 2.45) is 11.3 Å². The van der Waals surface area contributed by atoms with Crippen molar-refractivity contribution >= 4 is 5.91 Å². The molecule has 0 radical (unpaired) electrons. The Morgan fingerprint density at radius 3 is 2.53 bits per heavy atom. The van der Waals surface area contributed by atoms with Crippen LogP contribution in [-0.2, 0) is 4.79 Å². The molecule has 0 saturated carbocycles. The lowest BCUT2D eigenvalue weighted by molar-refractivity contribution is -0.131. The van der Waals surface area contributed by atoms with E-state index in [-0.39, 0.29) is 23.6 Å². The maximum absolute atomic E-state index is 13.0. The molecule has 2 N–H and O–H groups in total. The Balaban J connectivity index is 2.26. The molecule has 0 aromatic heterocycles. The smallest absolute Gasteiger partial charge is 0.225 e. The van der Waals surface area contributed by atoms with E-state index in [0.29, 0.717) is 0 Å². The molecule has 2 atom stereocenters. The third-order valence-electron chi connectivity index (χ3n) is 4.25. The third-order valence-corrected chi connectivity index (χ3v) is 4.25. The van der Waals surface area contributed by atoms with Crippen molar-refractivity contribution in [1.82, 2.24) is 10.6 Å². The molecule has 19 heavy (non-hydrogen) atoms. The maximum atomic E-state index is 13.0. The van der Waals surface area contributed by atoms with E-state index in [1.165, 1.54) is 12.1 Å². The molecule has 3 nitrogen and oxygen atoms in total. The zero-order valence-electron chi connectivity index (χ0n) is 11.7. The molecule has 2 rings (SSSR count). The van der Waals surface area contributed by atoms with Crippen LogP contribution in [0.25, 0.3) is 0 Å². The van der Waals surface area contributed by atoms with Gasteiger partial charge in [-0.2, -0.15) is 0 Å². The van der Waals surface area contributed by atoms with Gasteiger partial charge < -0.3 is 10.6 Å². The molecule has 1 aromatic carbocycles. The van der Waals surface area contributed by atoms with E-state index in [1.807, 2.05) is 26.0 Å². The predicted octanol–water partition coefficient (Wildman–Crippen LogP) is 1.90. The normalized spacial score (nSPS) is 23.4. The first kappa shape index (κ1) is 14.0. The van der Waals surface area contributed by atoms with Gasteiger partial charge in [-0.05, 0) is 30.2 Å². The average Bonchev–Trinajstić information content (AvgIpc) is 2.88. The maximum Gasteiger partial charge on any atom is 0.225 e. The number of carbonyl (C=O) groups excluding carboxylic acids is 1. The summed E-state index contributed by atoms with van der Waals surface area (Å²) >= 11 is 0. The summed E-state index contributed by atoms with van der Waals surface area (Å²) in [5.74, 6) is 0.274. The van der Waals surface area contributed by atoms with Crippen molar-refractivity contribution < 1.29 is 9.18 Å². The fraction of sp³-hybridized carbons (Fsp3) is 0.533. The summed E-state index contributed by atoms with van der Waals surface area (Å²) in [4.78, 5) is 12.1. The van der Waals surface area contributed by atoms with Crippen LogP contribution in [0.1, 0.15) is 25.3 Å². The molecule has 1 aliphatic rings. The largest absolute Gasteiger partial charge is 0.359 e. The Morgan fingerprint density at radius 1 is 1.32 bits per heavy atom. The molecule has 0 unspecified atom stereocenters. The van der Waals surface area contributed by atoms with E-state index in [1.54, 1.807) is 7.05 Å². The van der Waals surface area contributed by atoms with Gasteiger partial charge >= 0.3 is 0 Å². The van der Waals surface area contributed by atoms with Gasteiger partial charge in [0.2, 0.25) is 5.91 Å². The summed E-state index contributed by atoms with van der Waals surface area (Å²) in [7, 11) is 1.67. The topological polar surface area (TPSA) is 41.1 Å². The Labute approximate surface area is 113 Å². The average molecular weight is 264 g/mol. The molecule has 1 heterocycles. The molecule has 4 heteroatoms. The van der Waals surface area contributed by atoms with Crippen LogP contribution in [0.5, 0.6) is 0 Å². The summed E-state index contributed by atoms with van der Waals surface area (Å²) in [6.07, 6.45) is 0. The summed E-state index contributed by atoms with van der Waals surface area (Å²) < 4.78 is 13.0. The number of benzene rings is 1. The molecule has 1 amide bonds. The van der Waals surface area contributed by atoms with Crippen LogP contribution in [0.3, 0.4) is 0 Å². The number of carbonyl (C=O) groups is 1. The highest BCUT2D eigenvalue weighted by Gasteiger charge is 2.43. The Morgan fingerprint density at radius 2 is 1.95 bits per heavy atom. The van der Waals surface area contributed by atoms with Gasteiger partial charge in [0.25, 0.3) is 0 Å². The van der Waals surface area contributed by atoms with Crippen LogP contribution in [-0.4, -0.2) is 26.0 Å². The van der Waals surface area contributed by atoms with Crippen molar-refractivity contribution in [3.63, 3.8) is 0 Å². The highest BCUT2D eigenvalue weighted by atomic mass is 19.1. The fourth-order valence-electron chi connectivity index (χ4n) is 2.99. The Hall–Kier alpha value is -1.42. The summed E-state index contributed by atoms with van der Waals surface area (Å²) in [6.45, 7) is 5.58. The van der Waals surface area contributed by atoms with Gasteiger partial charge in [-0.3, -0.25) is 4.79 Å². The minimum absolute atomic E-state index is 0.0494. The lowest BCUT2D eigenvalue weighted by Crippen LogP contribution is -2.42. The second kappa shape index (κ2) is 5.29. The second-order valence-electron chi connectivity index (χ2n) is 5.72. The van der Waals surface area contributed by atoms with Crippen molar-refractivity contribution in [3.05, 3.63) is 35.6 Å². The van der Waals surface area contributed by atoms with E-state index in [9.17, 15) is 9.18 Å². The van der Waals surface area contributed by atoms with Gasteiger partial charge in [0.1, 0.15) is 5.82 Å². The zero-order valence-corrected chi connectivity index (χ0v) is 11.7. The van der Waals surface area contributed by atoms with Crippen LogP contribution in [0, 0.1) is 17.2 Å². The van der Waals surface area contributed by atoms with Crippen molar-refractivity contribution in [1.29, 1.82) is 0 Å². The molecule has 1 aromatic rings. The molecule has 0 spiro atoms. The van der Waals surface area contributed by atoms with Crippen molar-refractivity contribution in [3.8, 4) is 0 Å². The fourth-order valence-corrected chi connectivity index (χ4v) is 2.99. The molecular weight excluding hydrogens is 243 g/mol. The lowest BCUT2D eigenvalue weighted by atomic mass is 9.71. The first-order chi connectivity index (χ1) is 8.96. The second-order valence-corrected chi connectivity index (χ2v) is 5.72. The van der Waals surface area contributed by atoms with E-state index in [0.717, 1.165) is 18.7 Å². The Kier molecular flexibility index (Phi) is 3.90. The summed E-state index contributed by atoms with van der Waals surface area (Å²) in [5.41, 5.74) is 0.644. The minimum Gasteiger partial charge on any atom is -0.359 e. The third kappa shape index (κ3) is 2.63. The first-order valence-corrected chi connectivity index (χ1v) is 6.65. The van der Waals surface area contributed by atoms with E-state index >= 15 is 0 Å². The van der Waals surface area contributed by atoms with Gasteiger partial charge in [-0.15, -0.1) is 0 Å². The minimum atomic E-state index is -0.447. The number of hydrogen-bond donors (Lipinski definition) is 2. The summed E-state index contributed by atoms with van der Waals surface area (Å²) in [5, 5.41) is 6.08.